The first-order valence-electron chi connectivity index (χ1n) is 9.26. The summed E-state index contributed by atoms with van der Waals surface area (Å²) in [4.78, 5) is 38.6. The molecule has 27 heavy (non-hydrogen) atoms. The molecule has 1 heterocycles. The molecular weight excluding hydrogens is 362 g/mol. The number of thioether (sulfide) groups is 1. The molecule has 0 bridgehead atoms. The number of esters is 1. The molecule has 148 valence electrons. The first kappa shape index (κ1) is 21.5. The van der Waals surface area contributed by atoms with Crippen LogP contribution in [0.3, 0.4) is 0 Å². The fourth-order valence-corrected chi connectivity index (χ4v) is 4.18. The van der Waals surface area contributed by atoms with Crippen molar-refractivity contribution in [2.45, 2.75) is 58.4 Å². The Balaban J connectivity index is 1.97. The Kier molecular flexibility index (Phi) is 6.73. The van der Waals surface area contributed by atoms with E-state index in [0.29, 0.717) is 18.8 Å². The molecule has 0 radical (unpaired) electrons. The van der Waals surface area contributed by atoms with Gasteiger partial charge in [0.25, 0.3) is 5.91 Å². The monoisotopic (exact) mass is 391 g/mol. The van der Waals surface area contributed by atoms with Crippen molar-refractivity contribution in [1.29, 1.82) is 0 Å². The van der Waals surface area contributed by atoms with Gasteiger partial charge in [0.15, 0.2) is 0 Å². The number of aryl methyl sites for hydroxylation is 1. The Hall–Kier alpha value is -1.82. The Morgan fingerprint density at radius 1 is 1.19 bits per heavy atom. The molecule has 0 saturated carbocycles. The lowest BCUT2D eigenvalue weighted by molar-refractivity contribution is -0.159. The molecule has 1 aromatic carbocycles. The second-order valence-electron chi connectivity index (χ2n) is 8.28. The van der Waals surface area contributed by atoms with E-state index in [9.17, 15) is 14.4 Å². The highest BCUT2D eigenvalue weighted by atomic mass is 32.2. The van der Waals surface area contributed by atoms with Crippen LogP contribution in [-0.4, -0.2) is 45.8 Å². The molecule has 1 aliphatic heterocycles. The Bertz CT molecular complexity index is 694. The summed E-state index contributed by atoms with van der Waals surface area (Å²) < 4.78 is 5.43. The van der Waals surface area contributed by atoms with Crippen molar-refractivity contribution >= 4 is 29.4 Å². The number of hydrogen-bond acceptors (Lipinski definition) is 5. The molecule has 1 aliphatic rings. The summed E-state index contributed by atoms with van der Waals surface area (Å²) in [5.41, 5.74) is 0.406. The molecule has 0 spiro atoms. The lowest BCUT2D eigenvalue weighted by Crippen LogP contribution is -2.54. The molecule has 1 amide bonds. The highest BCUT2D eigenvalue weighted by Gasteiger charge is 2.50. The molecular formula is C21H29NO4S. The van der Waals surface area contributed by atoms with Crippen LogP contribution in [0.25, 0.3) is 0 Å². The van der Waals surface area contributed by atoms with E-state index >= 15 is 0 Å². The molecule has 5 nitrogen and oxygen atoms in total. The van der Waals surface area contributed by atoms with Crippen molar-refractivity contribution in [3.63, 3.8) is 0 Å². The van der Waals surface area contributed by atoms with Gasteiger partial charge in [0.2, 0.25) is 5.78 Å². The molecule has 0 aromatic heterocycles. The molecule has 6 heteroatoms. The average Bonchev–Trinajstić information content (AvgIpc) is 2.92. The van der Waals surface area contributed by atoms with Crippen LogP contribution < -0.4 is 0 Å². The maximum atomic E-state index is 12.8. The second kappa shape index (κ2) is 8.46. The zero-order chi connectivity index (χ0) is 20.2. The number of carbonyl (C=O) groups is 3. The third-order valence-corrected chi connectivity index (χ3v) is 5.94. The number of benzene rings is 1. The highest BCUT2D eigenvalue weighted by Crippen LogP contribution is 2.40. The van der Waals surface area contributed by atoms with E-state index in [4.69, 9.17) is 4.74 Å². The smallest absolute Gasteiger partial charge is 0.329 e. The summed E-state index contributed by atoms with van der Waals surface area (Å²) in [7, 11) is 0. The summed E-state index contributed by atoms with van der Waals surface area (Å²) >= 11 is 1.49. The van der Waals surface area contributed by atoms with Crippen LogP contribution in [0.1, 0.15) is 46.6 Å². The van der Waals surface area contributed by atoms with E-state index in [1.165, 1.54) is 22.2 Å². The first-order chi connectivity index (χ1) is 12.5. The topological polar surface area (TPSA) is 63.7 Å². The van der Waals surface area contributed by atoms with E-state index in [-0.39, 0.29) is 0 Å². The third kappa shape index (κ3) is 5.34. The van der Waals surface area contributed by atoms with Gasteiger partial charge in [0.1, 0.15) is 6.04 Å². The quantitative estimate of drug-likeness (QED) is 0.422. The molecule has 1 fully saturated rings. The van der Waals surface area contributed by atoms with Gasteiger partial charge in [-0.15, -0.1) is 11.8 Å². The molecule has 0 unspecified atom stereocenters. The maximum absolute atomic E-state index is 12.8. The van der Waals surface area contributed by atoms with E-state index in [2.05, 4.69) is 0 Å². The van der Waals surface area contributed by atoms with Gasteiger partial charge in [-0.3, -0.25) is 9.59 Å². The van der Waals surface area contributed by atoms with E-state index in [0.717, 1.165) is 6.42 Å². The lowest BCUT2D eigenvalue weighted by Gasteiger charge is -2.34. The SMILES string of the molecule is CC(C)(C)C(=O)C(=O)N1[C@H](C(=O)OCCCc2ccccc2)CSC1(C)C. The second-order valence-corrected chi connectivity index (χ2v) is 9.91. The summed E-state index contributed by atoms with van der Waals surface area (Å²) in [5.74, 6) is -1.09. The highest BCUT2D eigenvalue weighted by molar-refractivity contribution is 8.00. The van der Waals surface area contributed by atoms with Crippen LogP contribution in [0, 0.1) is 5.41 Å². The molecule has 1 atom stereocenters. The Morgan fingerprint density at radius 2 is 1.81 bits per heavy atom. The van der Waals surface area contributed by atoms with Gasteiger partial charge in [-0.25, -0.2) is 4.79 Å². The number of nitrogens with zero attached hydrogens (tertiary/aromatic N) is 1. The minimum atomic E-state index is -0.787. The van der Waals surface area contributed by atoms with Crippen LogP contribution >= 0.6 is 11.8 Å². The summed E-state index contributed by atoms with van der Waals surface area (Å²) in [6.45, 7) is 9.13. The standard InChI is InChI=1S/C21H29NO4S/c1-20(2,3)17(23)18(24)22-16(14-27-21(22,4)5)19(25)26-13-9-12-15-10-7-6-8-11-15/h6-8,10-11,16H,9,12-14H2,1-5H3/t16-/m0/s1. The number of hydrogen-bond donors (Lipinski definition) is 0. The number of amides is 1. The van der Waals surface area contributed by atoms with Crippen molar-refractivity contribution in [3.8, 4) is 0 Å². The van der Waals surface area contributed by atoms with E-state index in [1.807, 2.05) is 44.2 Å². The predicted octanol–water partition coefficient (Wildman–Crippen LogP) is 3.46. The molecule has 2 rings (SSSR count). The third-order valence-electron chi connectivity index (χ3n) is 4.55. The zero-order valence-electron chi connectivity index (χ0n) is 16.8. The average molecular weight is 392 g/mol. The molecule has 0 aliphatic carbocycles. The molecule has 1 aromatic rings. The largest absolute Gasteiger partial charge is 0.464 e. The van der Waals surface area contributed by atoms with Gasteiger partial charge >= 0.3 is 5.97 Å². The van der Waals surface area contributed by atoms with Crippen molar-refractivity contribution in [3.05, 3.63) is 35.9 Å². The van der Waals surface area contributed by atoms with Crippen LogP contribution in [-0.2, 0) is 25.5 Å². The minimum Gasteiger partial charge on any atom is -0.464 e. The van der Waals surface area contributed by atoms with Crippen molar-refractivity contribution in [1.82, 2.24) is 4.90 Å². The van der Waals surface area contributed by atoms with Gasteiger partial charge in [-0.1, -0.05) is 51.1 Å². The number of carbonyl (C=O) groups excluding carboxylic acids is 3. The predicted molar refractivity (Wildman–Crippen MR) is 107 cm³/mol. The van der Waals surface area contributed by atoms with Crippen molar-refractivity contribution in [2.24, 2.45) is 5.41 Å². The van der Waals surface area contributed by atoms with E-state index in [1.54, 1.807) is 20.8 Å². The summed E-state index contributed by atoms with van der Waals surface area (Å²) in [5, 5.41) is 0. The minimum absolute atomic E-state index is 0.296. The van der Waals surface area contributed by atoms with Crippen molar-refractivity contribution < 1.29 is 19.1 Å². The summed E-state index contributed by atoms with van der Waals surface area (Å²) in [6, 6.07) is 9.28. The molecule has 0 N–H and O–H groups in total. The van der Waals surface area contributed by atoms with Crippen molar-refractivity contribution in [2.75, 3.05) is 12.4 Å². The van der Waals surface area contributed by atoms with Gasteiger partial charge < -0.3 is 9.64 Å². The lowest BCUT2D eigenvalue weighted by atomic mass is 9.89. The molecule has 1 saturated heterocycles. The van der Waals surface area contributed by atoms with Crippen LogP contribution in [0.4, 0.5) is 0 Å². The van der Waals surface area contributed by atoms with Crippen LogP contribution in [0.2, 0.25) is 0 Å². The Labute approximate surface area is 165 Å². The fraction of sp³-hybridized carbons (Fsp3) is 0.571. The van der Waals surface area contributed by atoms with Gasteiger partial charge in [-0.2, -0.15) is 0 Å². The number of Topliss-reactive ketones (excluding diaryl/α,β-unsaturated/α-hetero) is 1. The van der Waals surface area contributed by atoms with Crippen LogP contribution in [0.5, 0.6) is 0 Å². The van der Waals surface area contributed by atoms with Gasteiger partial charge in [0.05, 0.1) is 11.5 Å². The van der Waals surface area contributed by atoms with Crippen LogP contribution in [0.15, 0.2) is 30.3 Å². The maximum Gasteiger partial charge on any atom is 0.329 e. The van der Waals surface area contributed by atoms with E-state index < -0.39 is 34.0 Å². The summed E-state index contributed by atoms with van der Waals surface area (Å²) in [6.07, 6.45) is 1.54. The zero-order valence-corrected chi connectivity index (χ0v) is 17.6. The normalized spacial score (nSPS) is 19.0. The number of ether oxygens (including phenoxy) is 1. The van der Waals surface area contributed by atoms with Gasteiger partial charge in [0, 0.05) is 11.2 Å². The van der Waals surface area contributed by atoms with Gasteiger partial charge in [-0.05, 0) is 32.3 Å². The number of rotatable bonds is 6. The fourth-order valence-electron chi connectivity index (χ4n) is 2.98. The Morgan fingerprint density at radius 3 is 2.41 bits per heavy atom. The first-order valence-corrected chi connectivity index (χ1v) is 10.3. The number of ketones is 1.